The third-order valence-corrected chi connectivity index (χ3v) is 11.4. The molecule has 0 aromatic rings. The number of ether oxygens (including phenoxy) is 3. The van der Waals surface area contributed by atoms with E-state index in [9.17, 15) is 14.4 Å². The van der Waals surface area contributed by atoms with Gasteiger partial charge in [-0.15, -0.1) is 0 Å². The molecule has 0 aliphatic carbocycles. The molecular formula is C57H98O6. The van der Waals surface area contributed by atoms with Crippen molar-refractivity contribution >= 4 is 17.9 Å². The second-order valence-electron chi connectivity index (χ2n) is 17.6. The van der Waals surface area contributed by atoms with E-state index in [4.69, 9.17) is 14.2 Å². The van der Waals surface area contributed by atoms with Gasteiger partial charge in [0.1, 0.15) is 13.2 Å². The lowest BCUT2D eigenvalue weighted by Gasteiger charge is -2.18. The molecular weight excluding hydrogens is 781 g/mol. The predicted molar refractivity (Wildman–Crippen MR) is 270 cm³/mol. The molecule has 1 atom stereocenters. The number of hydrogen-bond donors (Lipinski definition) is 0. The second kappa shape index (κ2) is 51.5. The van der Waals surface area contributed by atoms with Crippen LogP contribution in [-0.4, -0.2) is 37.2 Å². The van der Waals surface area contributed by atoms with Crippen molar-refractivity contribution in [2.45, 2.75) is 258 Å². The van der Waals surface area contributed by atoms with E-state index in [0.717, 1.165) is 64.2 Å². The zero-order valence-electron chi connectivity index (χ0n) is 41.3. The van der Waals surface area contributed by atoms with Gasteiger partial charge in [-0.05, 0) is 38.5 Å². The molecule has 0 heterocycles. The fourth-order valence-electron chi connectivity index (χ4n) is 7.42. The van der Waals surface area contributed by atoms with E-state index in [1.165, 1.54) is 141 Å². The first kappa shape index (κ1) is 59.9. The molecule has 0 aliphatic heterocycles. The average Bonchev–Trinajstić information content (AvgIpc) is 3.28. The Bertz CT molecular complexity index is 1190. The maximum Gasteiger partial charge on any atom is 0.306 e. The van der Waals surface area contributed by atoms with Gasteiger partial charge in [-0.1, -0.05) is 267 Å². The molecule has 0 saturated carbocycles. The van der Waals surface area contributed by atoms with Gasteiger partial charge in [-0.3, -0.25) is 14.4 Å². The lowest BCUT2D eigenvalue weighted by Crippen LogP contribution is -2.30. The van der Waals surface area contributed by atoms with Crippen molar-refractivity contribution in [3.63, 3.8) is 0 Å². The SMILES string of the molecule is CC\C=C/C=C\C=C/C=C\C=C\C=C/CCCCCC(=O)OC(COC(=O)CCCCCCCCCCC)COC(=O)CCCCCCCCCCCCCCCCCCCCC. The predicted octanol–water partition coefficient (Wildman–Crippen LogP) is 17.4. The first-order valence-electron chi connectivity index (χ1n) is 26.5. The van der Waals surface area contributed by atoms with Gasteiger partial charge >= 0.3 is 17.9 Å². The number of hydrogen-bond acceptors (Lipinski definition) is 6. The number of allylic oxidation sites excluding steroid dienone is 12. The van der Waals surface area contributed by atoms with Gasteiger partial charge < -0.3 is 14.2 Å². The summed E-state index contributed by atoms with van der Waals surface area (Å²) < 4.78 is 16.7. The van der Waals surface area contributed by atoms with Crippen LogP contribution in [0.25, 0.3) is 0 Å². The van der Waals surface area contributed by atoms with Crippen LogP contribution >= 0.6 is 0 Å². The van der Waals surface area contributed by atoms with Crippen molar-refractivity contribution in [3.05, 3.63) is 72.9 Å². The zero-order valence-corrected chi connectivity index (χ0v) is 41.3. The summed E-state index contributed by atoms with van der Waals surface area (Å²) in [6.45, 7) is 6.45. The summed E-state index contributed by atoms with van der Waals surface area (Å²) in [5.41, 5.74) is 0. The highest BCUT2D eigenvalue weighted by Crippen LogP contribution is 2.16. The normalized spacial score (nSPS) is 12.6. The average molecular weight is 879 g/mol. The van der Waals surface area contributed by atoms with Gasteiger partial charge in [0.15, 0.2) is 6.10 Å². The van der Waals surface area contributed by atoms with E-state index in [1.807, 2.05) is 60.8 Å². The van der Waals surface area contributed by atoms with E-state index in [1.54, 1.807) is 0 Å². The first-order valence-corrected chi connectivity index (χ1v) is 26.5. The maximum absolute atomic E-state index is 12.8. The Labute approximate surface area is 389 Å². The van der Waals surface area contributed by atoms with Crippen LogP contribution in [0.1, 0.15) is 252 Å². The van der Waals surface area contributed by atoms with Crippen molar-refractivity contribution in [3.8, 4) is 0 Å². The number of carbonyl (C=O) groups excluding carboxylic acids is 3. The lowest BCUT2D eigenvalue weighted by atomic mass is 10.0. The van der Waals surface area contributed by atoms with E-state index < -0.39 is 6.10 Å². The summed E-state index contributed by atoms with van der Waals surface area (Å²) in [6.07, 6.45) is 64.6. The minimum absolute atomic E-state index is 0.0908. The van der Waals surface area contributed by atoms with E-state index in [2.05, 4.69) is 32.9 Å². The van der Waals surface area contributed by atoms with Crippen LogP contribution in [0.5, 0.6) is 0 Å². The Kier molecular flexibility index (Phi) is 48.9. The van der Waals surface area contributed by atoms with Crippen LogP contribution in [0, 0.1) is 0 Å². The Morgan fingerprint density at radius 1 is 0.333 bits per heavy atom. The molecule has 1 unspecified atom stereocenters. The highest BCUT2D eigenvalue weighted by molar-refractivity contribution is 5.71. The van der Waals surface area contributed by atoms with Gasteiger partial charge in [0.25, 0.3) is 0 Å². The van der Waals surface area contributed by atoms with Crippen LogP contribution in [0.4, 0.5) is 0 Å². The Morgan fingerprint density at radius 2 is 0.619 bits per heavy atom. The number of esters is 3. The Hall–Kier alpha value is -3.15. The monoisotopic (exact) mass is 879 g/mol. The van der Waals surface area contributed by atoms with Crippen LogP contribution in [-0.2, 0) is 28.6 Å². The fraction of sp³-hybridized carbons (Fsp3) is 0.737. The maximum atomic E-state index is 12.8. The Morgan fingerprint density at radius 3 is 0.968 bits per heavy atom. The topological polar surface area (TPSA) is 78.9 Å². The molecule has 0 rings (SSSR count). The molecule has 0 aromatic carbocycles. The molecule has 63 heavy (non-hydrogen) atoms. The van der Waals surface area contributed by atoms with Crippen LogP contribution in [0.2, 0.25) is 0 Å². The second-order valence-corrected chi connectivity index (χ2v) is 17.6. The summed E-state index contributed by atoms with van der Waals surface area (Å²) >= 11 is 0. The lowest BCUT2D eigenvalue weighted by molar-refractivity contribution is -0.167. The van der Waals surface area contributed by atoms with Gasteiger partial charge in [0.2, 0.25) is 0 Å². The molecule has 0 saturated heterocycles. The fourth-order valence-corrected chi connectivity index (χ4v) is 7.42. The molecule has 0 aliphatic rings. The van der Waals surface area contributed by atoms with Gasteiger partial charge in [-0.25, -0.2) is 0 Å². The van der Waals surface area contributed by atoms with Crippen molar-refractivity contribution in [1.29, 1.82) is 0 Å². The summed E-state index contributed by atoms with van der Waals surface area (Å²) in [6, 6.07) is 0. The van der Waals surface area contributed by atoms with Gasteiger partial charge in [0, 0.05) is 19.3 Å². The smallest absolute Gasteiger partial charge is 0.306 e. The summed E-state index contributed by atoms with van der Waals surface area (Å²) in [5.74, 6) is -0.932. The zero-order chi connectivity index (χ0) is 45.8. The number of rotatable bonds is 47. The molecule has 0 fully saturated rings. The number of unbranched alkanes of at least 4 members (excludes halogenated alkanes) is 29. The molecule has 0 amide bonds. The molecule has 0 spiro atoms. The highest BCUT2D eigenvalue weighted by Gasteiger charge is 2.19. The standard InChI is InChI=1S/C57H98O6/c1-4-7-10-13-16-19-21-23-25-27-28-30-31-33-35-38-41-44-47-50-56(59)62-53-54(52-61-55(58)49-46-43-40-37-18-15-12-9-6-3)63-57(60)51-48-45-42-39-36-34-32-29-26-24-22-20-17-14-11-8-5-2/h8,11,14,17,20,22,24,26,29,32,34,36,54H,4-7,9-10,12-13,15-16,18-19,21,23,25,27-28,30-31,33,35,37-53H2,1-3H3/b11-8-,17-14-,22-20-,26-24-,32-29+,36-34-. The third-order valence-electron chi connectivity index (χ3n) is 11.4. The van der Waals surface area contributed by atoms with E-state index in [-0.39, 0.29) is 37.5 Å². The van der Waals surface area contributed by atoms with Crippen molar-refractivity contribution < 1.29 is 28.6 Å². The van der Waals surface area contributed by atoms with Gasteiger partial charge in [0.05, 0.1) is 0 Å². The molecule has 0 radical (unpaired) electrons. The minimum Gasteiger partial charge on any atom is -0.462 e. The first-order chi connectivity index (χ1) is 31.0. The van der Waals surface area contributed by atoms with Crippen LogP contribution in [0.15, 0.2) is 72.9 Å². The summed E-state index contributed by atoms with van der Waals surface area (Å²) in [7, 11) is 0. The van der Waals surface area contributed by atoms with Gasteiger partial charge in [-0.2, -0.15) is 0 Å². The molecule has 0 aromatic heterocycles. The molecule has 362 valence electrons. The quantitative estimate of drug-likeness (QED) is 0.0262. The molecule has 6 nitrogen and oxygen atoms in total. The van der Waals surface area contributed by atoms with Crippen molar-refractivity contribution in [1.82, 2.24) is 0 Å². The third kappa shape index (κ3) is 49.7. The minimum atomic E-state index is -0.794. The van der Waals surface area contributed by atoms with Crippen LogP contribution in [0.3, 0.4) is 0 Å². The molecule has 6 heteroatoms. The largest absolute Gasteiger partial charge is 0.462 e. The molecule has 0 bridgehead atoms. The Balaban J connectivity index is 4.36. The highest BCUT2D eigenvalue weighted by atomic mass is 16.6. The van der Waals surface area contributed by atoms with Crippen LogP contribution < -0.4 is 0 Å². The van der Waals surface area contributed by atoms with E-state index in [0.29, 0.717) is 19.3 Å². The van der Waals surface area contributed by atoms with Crippen molar-refractivity contribution in [2.75, 3.05) is 13.2 Å². The summed E-state index contributed by atoms with van der Waals surface area (Å²) in [5, 5.41) is 0. The summed E-state index contributed by atoms with van der Waals surface area (Å²) in [4.78, 5) is 37.9. The van der Waals surface area contributed by atoms with E-state index >= 15 is 0 Å². The van der Waals surface area contributed by atoms with Crippen molar-refractivity contribution in [2.24, 2.45) is 0 Å². The number of carbonyl (C=O) groups is 3. The molecule has 0 N–H and O–H groups in total.